The molecule has 2 N–H and O–H groups in total. The molecule has 0 aliphatic carbocycles. The first-order chi connectivity index (χ1) is 9.60. The Balaban J connectivity index is 1.96. The molecule has 0 saturated carbocycles. The number of likely N-dealkylation sites (tertiary alicyclic amines) is 1. The number of hydrogen-bond donors (Lipinski definition) is 1. The zero-order valence-corrected chi connectivity index (χ0v) is 12.1. The van der Waals surface area contributed by atoms with Crippen LogP contribution in [0.4, 0.5) is 5.69 Å². The van der Waals surface area contributed by atoms with E-state index in [1.54, 1.807) is 13.2 Å². The van der Waals surface area contributed by atoms with Crippen LogP contribution in [0.1, 0.15) is 18.9 Å². The molecule has 1 heterocycles. The number of hydrogen-bond acceptors (Lipinski definition) is 3. The Morgan fingerprint density at radius 1 is 1.40 bits per heavy atom. The Labute approximate surface area is 120 Å². The van der Waals surface area contributed by atoms with Crippen LogP contribution in [0, 0.1) is 5.92 Å². The van der Waals surface area contributed by atoms with Gasteiger partial charge < -0.3 is 15.4 Å². The minimum Gasteiger partial charge on any atom is -0.399 e. The van der Waals surface area contributed by atoms with E-state index in [0.717, 1.165) is 24.2 Å². The highest BCUT2D eigenvalue weighted by molar-refractivity contribution is 5.91. The summed E-state index contributed by atoms with van der Waals surface area (Å²) >= 11 is 0. The molecule has 4 nitrogen and oxygen atoms in total. The molecule has 0 aromatic heterocycles. The Morgan fingerprint density at radius 3 is 2.75 bits per heavy atom. The van der Waals surface area contributed by atoms with Gasteiger partial charge in [0.15, 0.2) is 0 Å². The number of methoxy groups -OCH3 is 1. The van der Waals surface area contributed by atoms with Gasteiger partial charge in [-0.3, -0.25) is 4.79 Å². The third-order valence-corrected chi connectivity index (χ3v) is 3.86. The summed E-state index contributed by atoms with van der Waals surface area (Å²) in [5, 5.41) is 0. The summed E-state index contributed by atoms with van der Waals surface area (Å²) in [5.41, 5.74) is 7.33. The quantitative estimate of drug-likeness (QED) is 0.679. The van der Waals surface area contributed by atoms with Gasteiger partial charge in [-0.05, 0) is 36.1 Å². The van der Waals surface area contributed by atoms with Crippen molar-refractivity contribution in [3.05, 3.63) is 35.9 Å². The van der Waals surface area contributed by atoms with E-state index in [0.29, 0.717) is 12.5 Å². The molecule has 1 fully saturated rings. The summed E-state index contributed by atoms with van der Waals surface area (Å²) in [6, 6.07) is 7.45. The van der Waals surface area contributed by atoms with Crippen LogP contribution in [0.2, 0.25) is 0 Å². The maximum atomic E-state index is 12.2. The lowest BCUT2D eigenvalue weighted by atomic mass is 9.96. The summed E-state index contributed by atoms with van der Waals surface area (Å²) < 4.78 is 5.43. The number of benzene rings is 1. The third-order valence-electron chi connectivity index (χ3n) is 3.86. The lowest BCUT2D eigenvalue weighted by Gasteiger charge is -2.35. The highest BCUT2D eigenvalue weighted by Gasteiger charge is 2.27. The van der Waals surface area contributed by atoms with Crippen molar-refractivity contribution in [2.24, 2.45) is 5.92 Å². The van der Waals surface area contributed by atoms with E-state index >= 15 is 0 Å². The van der Waals surface area contributed by atoms with Crippen molar-refractivity contribution in [1.29, 1.82) is 0 Å². The van der Waals surface area contributed by atoms with Gasteiger partial charge in [0.1, 0.15) is 0 Å². The molecular formula is C16H22N2O2. The normalized spacial score (nSPS) is 23.2. The van der Waals surface area contributed by atoms with Gasteiger partial charge in [-0.25, -0.2) is 0 Å². The van der Waals surface area contributed by atoms with E-state index < -0.39 is 0 Å². The summed E-state index contributed by atoms with van der Waals surface area (Å²) in [5.74, 6) is 0.543. The van der Waals surface area contributed by atoms with Gasteiger partial charge in [0.25, 0.3) is 0 Å². The minimum atomic E-state index is 0.0378. The van der Waals surface area contributed by atoms with Crippen LogP contribution >= 0.6 is 0 Å². The highest BCUT2D eigenvalue weighted by Crippen LogP contribution is 2.19. The molecule has 1 aliphatic rings. The lowest BCUT2D eigenvalue weighted by Crippen LogP contribution is -2.46. The number of nitrogen functional groups attached to an aromatic ring is 1. The van der Waals surface area contributed by atoms with E-state index in [-0.39, 0.29) is 12.0 Å². The van der Waals surface area contributed by atoms with Crippen molar-refractivity contribution >= 4 is 17.7 Å². The molecule has 4 heteroatoms. The molecule has 1 amide bonds. The van der Waals surface area contributed by atoms with Gasteiger partial charge in [0.2, 0.25) is 5.91 Å². The van der Waals surface area contributed by atoms with Crippen LogP contribution in [0.3, 0.4) is 0 Å². The number of carbonyl (C=O) groups is 1. The van der Waals surface area contributed by atoms with Crippen LogP contribution < -0.4 is 5.73 Å². The standard InChI is InChI=1S/C16H22N2O2/c1-12-9-10-18(11-15(12)20-2)16(19)8-5-13-3-6-14(17)7-4-13/h3-8,12,15H,9-11,17H2,1-2H3/b8-5+. The number of amides is 1. The summed E-state index contributed by atoms with van der Waals surface area (Å²) in [6.45, 7) is 3.63. The summed E-state index contributed by atoms with van der Waals surface area (Å²) in [4.78, 5) is 14.0. The van der Waals surface area contributed by atoms with Crippen LogP contribution in [0.15, 0.2) is 30.3 Å². The van der Waals surface area contributed by atoms with Crippen LogP contribution in [-0.4, -0.2) is 37.1 Å². The Kier molecular flexibility index (Phi) is 4.79. The molecule has 1 aromatic carbocycles. The van der Waals surface area contributed by atoms with Crippen LogP contribution in [0.25, 0.3) is 6.08 Å². The van der Waals surface area contributed by atoms with Crippen molar-refractivity contribution in [1.82, 2.24) is 4.90 Å². The fraction of sp³-hybridized carbons (Fsp3) is 0.438. The van der Waals surface area contributed by atoms with Crippen molar-refractivity contribution in [2.75, 3.05) is 25.9 Å². The average Bonchev–Trinajstić information content (AvgIpc) is 2.47. The summed E-state index contributed by atoms with van der Waals surface area (Å²) in [6.07, 6.45) is 4.56. The van der Waals surface area contributed by atoms with Gasteiger partial charge in [-0.1, -0.05) is 19.1 Å². The van der Waals surface area contributed by atoms with Gasteiger partial charge >= 0.3 is 0 Å². The average molecular weight is 274 g/mol. The van der Waals surface area contributed by atoms with Gasteiger partial charge in [-0.15, -0.1) is 0 Å². The number of carbonyl (C=O) groups excluding carboxylic acids is 1. The van der Waals surface area contributed by atoms with Crippen molar-refractivity contribution in [2.45, 2.75) is 19.4 Å². The first kappa shape index (κ1) is 14.6. The number of ether oxygens (including phenoxy) is 1. The fourth-order valence-corrected chi connectivity index (χ4v) is 2.42. The SMILES string of the molecule is COC1CN(C(=O)/C=C/c2ccc(N)cc2)CCC1C. The number of nitrogens with zero attached hydrogens (tertiary/aromatic N) is 1. The first-order valence-electron chi connectivity index (χ1n) is 6.95. The van der Waals surface area contributed by atoms with Crippen LogP contribution in [0.5, 0.6) is 0 Å². The Bertz CT molecular complexity index is 482. The lowest BCUT2D eigenvalue weighted by molar-refractivity contribution is -0.130. The minimum absolute atomic E-state index is 0.0378. The maximum Gasteiger partial charge on any atom is 0.246 e. The molecule has 0 spiro atoms. The molecule has 2 atom stereocenters. The largest absolute Gasteiger partial charge is 0.399 e. The molecule has 1 aliphatic heterocycles. The molecule has 20 heavy (non-hydrogen) atoms. The molecule has 0 radical (unpaired) electrons. The second kappa shape index (κ2) is 6.57. The third kappa shape index (κ3) is 3.61. The van der Waals surface area contributed by atoms with E-state index in [1.165, 1.54) is 0 Å². The fourth-order valence-electron chi connectivity index (χ4n) is 2.42. The second-order valence-electron chi connectivity index (χ2n) is 5.32. The van der Waals surface area contributed by atoms with E-state index in [2.05, 4.69) is 6.92 Å². The number of anilines is 1. The van der Waals surface area contributed by atoms with Gasteiger partial charge in [0.05, 0.1) is 6.10 Å². The molecule has 108 valence electrons. The molecule has 0 bridgehead atoms. The van der Waals surface area contributed by atoms with Crippen LogP contribution in [-0.2, 0) is 9.53 Å². The van der Waals surface area contributed by atoms with Gasteiger partial charge in [-0.2, -0.15) is 0 Å². The van der Waals surface area contributed by atoms with Crippen molar-refractivity contribution < 1.29 is 9.53 Å². The molecule has 1 aromatic rings. The van der Waals surface area contributed by atoms with Crippen molar-refractivity contribution in [3.8, 4) is 0 Å². The summed E-state index contributed by atoms with van der Waals surface area (Å²) in [7, 11) is 1.71. The zero-order valence-electron chi connectivity index (χ0n) is 12.1. The first-order valence-corrected chi connectivity index (χ1v) is 6.95. The Morgan fingerprint density at radius 2 is 2.10 bits per heavy atom. The van der Waals surface area contributed by atoms with E-state index in [1.807, 2.05) is 35.2 Å². The topological polar surface area (TPSA) is 55.6 Å². The smallest absolute Gasteiger partial charge is 0.246 e. The maximum absolute atomic E-state index is 12.2. The molecular weight excluding hydrogens is 252 g/mol. The number of rotatable bonds is 3. The zero-order chi connectivity index (χ0) is 14.5. The van der Waals surface area contributed by atoms with Gasteiger partial charge in [0, 0.05) is 32.0 Å². The highest BCUT2D eigenvalue weighted by atomic mass is 16.5. The van der Waals surface area contributed by atoms with E-state index in [4.69, 9.17) is 10.5 Å². The molecule has 2 unspecified atom stereocenters. The predicted molar refractivity (Wildman–Crippen MR) is 81.0 cm³/mol. The predicted octanol–water partition coefficient (Wildman–Crippen LogP) is 2.17. The second-order valence-corrected chi connectivity index (χ2v) is 5.32. The number of piperidine rings is 1. The molecule has 1 saturated heterocycles. The van der Waals surface area contributed by atoms with Crippen molar-refractivity contribution in [3.63, 3.8) is 0 Å². The molecule has 2 rings (SSSR count). The van der Waals surface area contributed by atoms with E-state index in [9.17, 15) is 4.79 Å². The number of nitrogens with two attached hydrogens (primary N) is 1. The Hall–Kier alpha value is -1.81. The monoisotopic (exact) mass is 274 g/mol.